The topological polar surface area (TPSA) is 75.7 Å². The molecule has 1 fully saturated rings. The number of hydrogen-bond donors (Lipinski definition) is 1. The molecule has 1 aliphatic rings. The number of ether oxygens (including phenoxy) is 1. The predicted molar refractivity (Wildman–Crippen MR) is 84.5 cm³/mol. The molecular weight excluding hydrogens is 328 g/mol. The van der Waals surface area contributed by atoms with Gasteiger partial charge in [-0.15, -0.1) is 0 Å². The molecule has 0 radical (unpaired) electrons. The van der Waals surface area contributed by atoms with Gasteiger partial charge in [0, 0.05) is 24.2 Å². The van der Waals surface area contributed by atoms with Gasteiger partial charge < -0.3 is 9.64 Å². The second kappa shape index (κ2) is 7.30. The van der Waals surface area contributed by atoms with Crippen molar-refractivity contribution in [3.63, 3.8) is 0 Å². The van der Waals surface area contributed by atoms with Gasteiger partial charge in [-0.25, -0.2) is 13.1 Å². The van der Waals surface area contributed by atoms with Crippen molar-refractivity contribution >= 4 is 27.5 Å². The fourth-order valence-electron chi connectivity index (χ4n) is 2.36. The zero-order valence-electron chi connectivity index (χ0n) is 12.3. The molecule has 1 atom stereocenters. The number of sulfonamides is 1. The molecule has 0 unspecified atom stereocenters. The molecule has 1 aromatic rings. The van der Waals surface area contributed by atoms with Crippen molar-refractivity contribution in [2.24, 2.45) is 0 Å². The van der Waals surface area contributed by atoms with E-state index in [-0.39, 0.29) is 25.0 Å². The summed E-state index contributed by atoms with van der Waals surface area (Å²) < 4.78 is 30.4. The molecule has 1 aromatic carbocycles. The maximum atomic E-state index is 12.1. The maximum absolute atomic E-state index is 12.1. The maximum Gasteiger partial charge on any atom is 0.226 e. The van der Waals surface area contributed by atoms with Gasteiger partial charge in [0.15, 0.2) is 0 Å². The summed E-state index contributed by atoms with van der Waals surface area (Å²) in [6.45, 7) is 1.23. The molecule has 0 bridgehead atoms. The molecule has 0 spiro atoms. The lowest BCUT2D eigenvalue weighted by Crippen LogP contribution is -2.38. The molecule has 0 saturated carbocycles. The van der Waals surface area contributed by atoms with Crippen LogP contribution in [-0.2, 0) is 14.8 Å². The molecule has 8 heteroatoms. The first-order valence-electron chi connectivity index (χ1n) is 6.97. The minimum Gasteiger partial charge on any atom is -0.493 e. The van der Waals surface area contributed by atoms with E-state index in [1.54, 1.807) is 29.2 Å². The third-order valence-electron chi connectivity index (χ3n) is 3.30. The number of likely N-dealkylation sites (tertiary alicyclic amines) is 1. The number of nitrogens with zero attached hydrogens (tertiary/aromatic N) is 1. The molecule has 1 saturated heterocycles. The van der Waals surface area contributed by atoms with E-state index in [1.165, 1.54) is 0 Å². The SMILES string of the molecule is CS(=O)(=O)N[C@H]1CCN(C(=O)CCOc2cccc(Cl)c2)C1. The second-order valence-electron chi connectivity index (χ2n) is 5.27. The van der Waals surface area contributed by atoms with Crippen LogP contribution >= 0.6 is 11.6 Å². The van der Waals surface area contributed by atoms with Crippen LogP contribution in [0.1, 0.15) is 12.8 Å². The quantitative estimate of drug-likeness (QED) is 0.841. The first kappa shape index (κ1) is 17.1. The number of rotatable bonds is 6. The summed E-state index contributed by atoms with van der Waals surface area (Å²) in [5.41, 5.74) is 0. The summed E-state index contributed by atoms with van der Waals surface area (Å²) in [5.74, 6) is 0.582. The van der Waals surface area contributed by atoms with Gasteiger partial charge in [-0.2, -0.15) is 0 Å². The standard InChI is InChI=1S/C14H19ClN2O4S/c1-22(19,20)16-12-5-7-17(10-12)14(18)6-8-21-13-4-2-3-11(15)9-13/h2-4,9,12,16H,5-8,10H2,1H3/t12-/m0/s1. The lowest BCUT2D eigenvalue weighted by atomic mass is 10.3. The summed E-state index contributed by atoms with van der Waals surface area (Å²) in [7, 11) is -3.24. The highest BCUT2D eigenvalue weighted by atomic mass is 35.5. The normalized spacial score (nSPS) is 18.5. The molecule has 22 heavy (non-hydrogen) atoms. The van der Waals surface area contributed by atoms with E-state index in [0.717, 1.165) is 6.26 Å². The second-order valence-corrected chi connectivity index (χ2v) is 7.49. The van der Waals surface area contributed by atoms with Gasteiger partial charge in [0.05, 0.1) is 19.3 Å². The first-order valence-corrected chi connectivity index (χ1v) is 9.24. The Balaban J connectivity index is 1.74. The van der Waals surface area contributed by atoms with Crippen molar-refractivity contribution in [1.82, 2.24) is 9.62 Å². The highest BCUT2D eigenvalue weighted by Gasteiger charge is 2.27. The summed E-state index contributed by atoms with van der Waals surface area (Å²) in [5, 5.41) is 0.582. The van der Waals surface area contributed by atoms with E-state index in [9.17, 15) is 13.2 Å². The Hall–Kier alpha value is -1.31. The van der Waals surface area contributed by atoms with E-state index >= 15 is 0 Å². The van der Waals surface area contributed by atoms with Crippen molar-refractivity contribution < 1.29 is 17.9 Å². The Morgan fingerprint density at radius 2 is 2.27 bits per heavy atom. The molecular formula is C14H19ClN2O4S. The van der Waals surface area contributed by atoms with Crippen molar-refractivity contribution in [2.45, 2.75) is 18.9 Å². The van der Waals surface area contributed by atoms with Gasteiger partial charge in [-0.1, -0.05) is 17.7 Å². The summed E-state index contributed by atoms with van der Waals surface area (Å²) >= 11 is 5.85. The third kappa shape index (κ3) is 5.47. The Kier molecular flexibility index (Phi) is 5.66. The van der Waals surface area contributed by atoms with Crippen LogP contribution in [-0.4, -0.2) is 51.2 Å². The zero-order valence-corrected chi connectivity index (χ0v) is 13.9. The molecule has 1 amide bonds. The molecule has 1 N–H and O–H groups in total. The Morgan fingerprint density at radius 1 is 1.50 bits per heavy atom. The largest absolute Gasteiger partial charge is 0.493 e. The minimum atomic E-state index is -3.24. The first-order chi connectivity index (χ1) is 10.3. The number of hydrogen-bond acceptors (Lipinski definition) is 4. The molecule has 0 aromatic heterocycles. The van der Waals surface area contributed by atoms with Gasteiger partial charge in [-0.05, 0) is 24.6 Å². The van der Waals surface area contributed by atoms with E-state index < -0.39 is 10.0 Å². The summed E-state index contributed by atoms with van der Waals surface area (Å²) in [6.07, 6.45) is 2.00. The lowest BCUT2D eigenvalue weighted by Gasteiger charge is -2.17. The van der Waals surface area contributed by atoms with Crippen LogP contribution in [0.2, 0.25) is 5.02 Å². The number of amides is 1. The van der Waals surface area contributed by atoms with Gasteiger partial charge in [0.1, 0.15) is 5.75 Å². The summed E-state index contributed by atoms with van der Waals surface area (Å²) in [4.78, 5) is 13.7. The number of benzene rings is 1. The van der Waals surface area contributed by atoms with Crippen LogP contribution in [0.25, 0.3) is 0 Å². The number of carbonyl (C=O) groups is 1. The van der Waals surface area contributed by atoms with Crippen LogP contribution in [0.5, 0.6) is 5.75 Å². The number of carbonyl (C=O) groups excluding carboxylic acids is 1. The van der Waals surface area contributed by atoms with Crippen molar-refractivity contribution in [1.29, 1.82) is 0 Å². The Labute approximate surface area is 135 Å². The molecule has 2 rings (SSSR count). The van der Waals surface area contributed by atoms with E-state index in [1.807, 2.05) is 0 Å². The van der Waals surface area contributed by atoms with Gasteiger partial charge >= 0.3 is 0 Å². The Morgan fingerprint density at radius 3 is 2.95 bits per heavy atom. The molecule has 6 nitrogen and oxygen atoms in total. The predicted octanol–water partition coefficient (Wildman–Crippen LogP) is 1.26. The fraction of sp³-hybridized carbons (Fsp3) is 0.500. The molecule has 0 aliphatic carbocycles. The third-order valence-corrected chi connectivity index (χ3v) is 4.30. The molecule has 1 heterocycles. The van der Waals surface area contributed by atoms with Crippen LogP contribution in [0, 0.1) is 0 Å². The van der Waals surface area contributed by atoms with Crippen molar-refractivity contribution in [3.8, 4) is 5.75 Å². The minimum absolute atomic E-state index is 0.0418. The highest BCUT2D eigenvalue weighted by molar-refractivity contribution is 7.88. The van der Waals surface area contributed by atoms with Crippen LogP contribution < -0.4 is 9.46 Å². The lowest BCUT2D eigenvalue weighted by molar-refractivity contribution is -0.130. The zero-order chi connectivity index (χ0) is 16.2. The van der Waals surface area contributed by atoms with Crippen molar-refractivity contribution in [2.75, 3.05) is 26.0 Å². The average Bonchev–Trinajstić information content (AvgIpc) is 2.85. The monoisotopic (exact) mass is 346 g/mol. The van der Waals surface area contributed by atoms with Gasteiger partial charge in [0.25, 0.3) is 0 Å². The molecule has 1 aliphatic heterocycles. The fourth-order valence-corrected chi connectivity index (χ4v) is 3.33. The van der Waals surface area contributed by atoms with E-state index in [4.69, 9.17) is 16.3 Å². The van der Waals surface area contributed by atoms with Gasteiger partial charge in [0.2, 0.25) is 15.9 Å². The highest BCUT2D eigenvalue weighted by Crippen LogP contribution is 2.17. The Bertz CT molecular complexity index is 635. The smallest absolute Gasteiger partial charge is 0.226 e. The van der Waals surface area contributed by atoms with E-state index in [2.05, 4.69) is 4.72 Å². The average molecular weight is 347 g/mol. The number of nitrogens with one attached hydrogen (secondary N) is 1. The van der Waals surface area contributed by atoms with Crippen LogP contribution in [0.4, 0.5) is 0 Å². The van der Waals surface area contributed by atoms with Gasteiger partial charge in [-0.3, -0.25) is 4.79 Å². The molecule has 122 valence electrons. The summed E-state index contributed by atoms with van der Waals surface area (Å²) in [6, 6.07) is 6.79. The van der Waals surface area contributed by atoms with Crippen molar-refractivity contribution in [3.05, 3.63) is 29.3 Å². The van der Waals surface area contributed by atoms with Crippen LogP contribution in [0.15, 0.2) is 24.3 Å². The number of halogens is 1. The van der Waals surface area contributed by atoms with Crippen LogP contribution in [0.3, 0.4) is 0 Å². The van der Waals surface area contributed by atoms with E-state index in [0.29, 0.717) is 30.3 Å².